The van der Waals surface area contributed by atoms with Gasteiger partial charge in [-0.05, 0) is 48.9 Å². The molecule has 13 nitrogen and oxygen atoms in total. The first kappa shape index (κ1) is 27.0. The molecule has 0 aliphatic carbocycles. The molecule has 0 fully saturated rings. The number of carbonyl (C=O) groups excluding carboxylic acids is 2. The van der Waals surface area contributed by atoms with E-state index >= 15 is 0 Å². The fraction of sp³-hybridized carbons (Fsp3) is 0.231. The molecular weight excluding hydrogens is 510 g/mol. The third-order valence-corrected chi connectivity index (χ3v) is 5.43. The topological polar surface area (TPSA) is 179 Å². The lowest BCUT2D eigenvalue weighted by molar-refractivity contribution is -0.153. The monoisotopic (exact) mass is 535 g/mol. The third kappa shape index (κ3) is 7.26. The van der Waals surface area contributed by atoms with Gasteiger partial charge in [0.1, 0.15) is 18.1 Å². The van der Waals surface area contributed by atoms with Gasteiger partial charge in [-0.1, -0.05) is 22.5 Å². The molecule has 4 aromatic rings. The van der Waals surface area contributed by atoms with E-state index in [2.05, 4.69) is 20.8 Å². The van der Waals surface area contributed by atoms with E-state index in [4.69, 9.17) is 19.1 Å². The van der Waals surface area contributed by atoms with Crippen LogP contribution >= 0.6 is 0 Å². The third-order valence-electron chi connectivity index (χ3n) is 5.43. The number of carboxylic acids is 1. The maximum Gasteiger partial charge on any atom is 0.358 e. The van der Waals surface area contributed by atoms with Crippen molar-refractivity contribution < 1.29 is 38.6 Å². The van der Waals surface area contributed by atoms with Crippen molar-refractivity contribution in [3.05, 3.63) is 77.7 Å². The summed E-state index contributed by atoms with van der Waals surface area (Å²) in [5.74, 6) is -1.25. The lowest BCUT2D eigenvalue weighted by atomic mass is 10.1. The van der Waals surface area contributed by atoms with Crippen molar-refractivity contribution in [2.45, 2.75) is 32.6 Å². The second-order valence-corrected chi connectivity index (χ2v) is 8.24. The molecule has 0 aliphatic heterocycles. The largest absolute Gasteiger partial charge is 0.487 e. The van der Waals surface area contributed by atoms with Crippen LogP contribution in [0.4, 0.5) is 5.69 Å². The Morgan fingerprint density at radius 2 is 1.85 bits per heavy atom. The molecule has 0 aliphatic rings. The molecule has 0 spiro atoms. The molecule has 3 N–H and O–H groups in total. The molecule has 4 rings (SSSR count). The number of carbonyl (C=O) groups is 3. The van der Waals surface area contributed by atoms with Crippen molar-refractivity contribution in [2.75, 3.05) is 11.9 Å². The number of carboxylic acid groups (broad SMARTS) is 1. The second-order valence-electron chi connectivity index (χ2n) is 8.24. The number of nitrogens with one attached hydrogen (secondary N) is 1. The van der Waals surface area contributed by atoms with Crippen molar-refractivity contribution in [3.63, 3.8) is 0 Å². The first-order chi connectivity index (χ1) is 18.8. The summed E-state index contributed by atoms with van der Waals surface area (Å²) < 4.78 is 17.1. The van der Waals surface area contributed by atoms with Crippen LogP contribution < -0.4 is 10.1 Å². The fourth-order valence-electron chi connectivity index (χ4n) is 3.44. The van der Waals surface area contributed by atoms with Gasteiger partial charge in [0, 0.05) is 23.7 Å². The molecule has 202 valence electrons. The number of aromatic nitrogens is 4. The highest BCUT2D eigenvalue weighted by Crippen LogP contribution is 2.24. The quantitative estimate of drug-likeness (QED) is 0.227. The van der Waals surface area contributed by atoms with Gasteiger partial charge in [-0.3, -0.25) is 9.48 Å². The van der Waals surface area contributed by atoms with E-state index in [0.29, 0.717) is 40.6 Å². The Kier molecular flexibility index (Phi) is 8.64. The van der Waals surface area contributed by atoms with Gasteiger partial charge < -0.3 is 29.5 Å². The Morgan fingerprint density at radius 3 is 2.51 bits per heavy atom. The van der Waals surface area contributed by atoms with E-state index in [1.54, 1.807) is 49.5 Å². The Bertz CT molecular complexity index is 1430. The summed E-state index contributed by atoms with van der Waals surface area (Å²) in [7, 11) is 0. The average molecular weight is 536 g/mol. The number of aliphatic hydroxyl groups excluding tert-OH is 1. The number of benzene rings is 2. The van der Waals surface area contributed by atoms with Crippen LogP contribution in [0.2, 0.25) is 0 Å². The van der Waals surface area contributed by atoms with Crippen LogP contribution in [0.15, 0.2) is 65.3 Å². The minimum Gasteiger partial charge on any atom is -0.487 e. The Labute approximate surface area is 221 Å². The molecular formula is C26H25N5O8. The number of hydrogen-bond donors (Lipinski definition) is 3. The number of anilines is 1. The molecule has 0 radical (unpaired) electrons. The first-order valence-electron chi connectivity index (χ1n) is 11.9. The summed E-state index contributed by atoms with van der Waals surface area (Å²) in [6.07, 6.45) is 0.437. The Hall–Kier alpha value is -5.04. The van der Waals surface area contributed by atoms with Crippen molar-refractivity contribution in [1.82, 2.24) is 20.2 Å². The zero-order valence-electron chi connectivity index (χ0n) is 20.8. The van der Waals surface area contributed by atoms with Crippen LogP contribution in [0.5, 0.6) is 5.75 Å². The molecule has 0 saturated heterocycles. The van der Waals surface area contributed by atoms with Crippen LogP contribution in [-0.2, 0) is 27.5 Å². The minimum absolute atomic E-state index is 0.142. The number of aryl methyl sites for hydroxylation is 1. The van der Waals surface area contributed by atoms with Gasteiger partial charge in [-0.15, -0.1) is 5.10 Å². The van der Waals surface area contributed by atoms with E-state index in [0.717, 1.165) is 0 Å². The molecule has 39 heavy (non-hydrogen) atoms. The molecule has 2 aromatic carbocycles. The summed E-state index contributed by atoms with van der Waals surface area (Å²) in [5, 5.41) is 33.2. The number of hydrogen-bond acceptors (Lipinski definition) is 10. The number of esters is 1. The van der Waals surface area contributed by atoms with Crippen LogP contribution in [0.1, 0.15) is 41.2 Å². The van der Waals surface area contributed by atoms with Crippen molar-refractivity contribution in [3.8, 4) is 17.1 Å². The van der Waals surface area contributed by atoms with Gasteiger partial charge in [0.15, 0.2) is 17.6 Å². The standard InChI is InChI=1S/C26H25N5O8/c1-2-37-26(36)24(33)17-3-7-18(8-4-17)27-23(32)11-12-31-14-19(28-30-31)15-38-20-9-5-16(6-10-20)22-13-21(25(34)35)29-39-22/h3-10,13-14,24,33H,2,11-12,15H2,1H3,(H,27,32)(H,34,35). The number of aliphatic hydroxyl groups is 1. The molecule has 1 unspecified atom stereocenters. The highest BCUT2D eigenvalue weighted by atomic mass is 16.5. The van der Waals surface area contributed by atoms with Crippen LogP contribution in [-0.4, -0.2) is 54.8 Å². The zero-order valence-corrected chi connectivity index (χ0v) is 20.8. The first-order valence-corrected chi connectivity index (χ1v) is 11.9. The number of amides is 1. The molecule has 0 bridgehead atoms. The van der Waals surface area contributed by atoms with E-state index in [1.807, 2.05) is 0 Å². The summed E-state index contributed by atoms with van der Waals surface area (Å²) in [4.78, 5) is 34.9. The molecule has 2 aromatic heterocycles. The number of rotatable bonds is 12. The molecule has 13 heteroatoms. The number of nitrogens with zero attached hydrogens (tertiary/aromatic N) is 4. The van der Waals surface area contributed by atoms with Crippen LogP contribution in [0.3, 0.4) is 0 Å². The van der Waals surface area contributed by atoms with Gasteiger partial charge in [-0.2, -0.15) is 0 Å². The highest BCUT2D eigenvalue weighted by molar-refractivity contribution is 5.90. The van der Waals surface area contributed by atoms with E-state index in [9.17, 15) is 19.5 Å². The van der Waals surface area contributed by atoms with E-state index < -0.39 is 18.0 Å². The average Bonchev–Trinajstić information content (AvgIpc) is 3.62. The van der Waals surface area contributed by atoms with Crippen molar-refractivity contribution in [1.29, 1.82) is 0 Å². The fourth-order valence-corrected chi connectivity index (χ4v) is 3.44. The summed E-state index contributed by atoms with van der Waals surface area (Å²) in [6.45, 7) is 2.27. The summed E-state index contributed by atoms with van der Waals surface area (Å²) in [5.41, 5.74) is 1.93. The van der Waals surface area contributed by atoms with Crippen molar-refractivity contribution >= 4 is 23.5 Å². The summed E-state index contributed by atoms with van der Waals surface area (Å²) >= 11 is 0. The molecule has 0 saturated carbocycles. The smallest absolute Gasteiger partial charge is 0.358 e. The van der Waals surface area contributed by atoms with E-state index in [1.165, 1.54) is 22.9 Å². The molecule has 1 atom stereocenters. The predicted octanol–water partition coefficient (Wildman–Crippen LogP) is 2.84. The van der Waals surface area contributed by atoms with Gasteiger partial charge in [0.05, 0.1) is 19.3 Å². The summed E-state index contributed by atoms with van der Waals surface area (Å²) in [6, 6.07) is 14.4. The highest BCUT2D eigenvalue weighted by Gasteiger charge is 2.18. The second kappa shape index (κ2) is 12.5. The SMILES string of the molecule is CCOC(=O)C(O)c1ccc(NC(=O)CCn2cc(COc3ccc(-c4cc(C(=O)O)no4)cc3)nn2)cc1. The molecule has 1 amide bonds. The number of ether oxygens (including phenoxy) is 2. The maximum absolute atomic E-state index is 12.3. The molecule has 2 heterocycles. The van der Waals surface area contributed by atoms with Crippen LogP contribution in [0.25, 0.3) is 11.3 Å². The Balaban J connectivity index is 1.22. The predicted molar refractivity (Wildman–Crippen MR) is 135 cm³/mol. The lowest BCUT2D eigenvalue weighted by Gasteiger charge is -2.11. The normalized spacial score (nSPS) is 11.5. The Morgan fingerprint density at radius 1 is 1.10 bits per heavy atom. The van der Waals surface area contributed by atoms with Gasteiger partial charge in [0.25, 0.3) is 0 Å². The number of aromatic carboxylic acids is 1. The maximum atomic E-state index is 12.3. The zero-order chi connectivity index (χ0) is 27.8. The van der Waals surface area contributed by atoms with E-state index in [-0.39, 0.29) is 31.2 Å². The minimum atomic E-state index is -1.38. The van der Waals surface area contributed by atoms with Gasteiger partial charge in [-0.25, -0.2) is 9.59 Å². The van der Waals surface area contributed by atoms with Gasteiger partial charge in [0.2, 0.25) is 5.91 Å². The van der Waals surface area contributed by atoms with Crippen LogP contribution in [0, 0.1) is 0 Å². The van der Waals surface area contributed by atoms with Crippen molar-refractivity contribution in [2.24, 2.45) is 0 Å². The van der Waals surface area contributed by atoms with Gasteiger partial charge >= 0.3 is 11.9 Å². The lowest BCUT2D eigenvalue weighted by Crippen LogP contribution is -2.16.